The Morgan fingerprint density at radius 1 is 1.11 bits per heavy atom. The normalized spacial score (nSPS) is 17.3. The van der Waals surface area contributed by atoms with Crippen LogP contribution in [0.1, 0.15) is 22.8 Å². The molecule has 0 aliphatic carbocycles. The quantitative estimate of drug-likeness (QED) is 0.777. The van der Waals surface area contributed by atoms with E-state index in [1.807, 2.05) is 4.90 Å². The molecule has 2 aromatic rings. The zero-order valence-corrected chi connectivity index (χ0v) is 16.2. The number of carbonyl (C=O) groups excluding carboxylic acids is 2. The molecule has 8 nitrogen and oxygen atoms in total. The summed E-state index contributed by atoms with van der Waals surface area (Å²) in [5, 5.41) is 2.71. The second-order valence-electron chi connectivity index (χ2n) is 6.90. The van der Waals surface area contributed by atoms with Gasteiger partial charge in [-0.15, -0.1) is 0 Å². The number of pyridine rings is 1. The molecule has 0 atom stereocenters. The van der Waals surface area contributed by atoms with Crippen molar-refractivity contribution in [2.45, 2.75) is 18.2 Å². The molecule has 1 saturated heterocycles. The summed E-state index contributed by atoms with van der Waals surface area (Å²) >= 11 is 0. The number of amides is 1. The maximum Gasteiger partial charge on any atom is 0.243 e. The largest absolute Gasteiger partial charge is 0.354 e. The van der Waals surface area contributed by atoms with Crippen LogP contribution in [-0.2, 0) is 21.2 Å². The predicted octanol–water partition coefficient (Wildman–Crippen LogP) is 1.29. The Kier molecular flexibility index (Phi) is 4.64. The third-order valence-electron chi connectivity index (χ3n) is 5.06. The maximum atomic E-state index is 13.0. The lowest BCUT2D eigenvalue weighted by Gasteiger charge is -2.34. The molecule has 1 aromatic heterocycles. The SMILES string of the molecule is CC(=O)c1ccc(N2CCN(S(=O)(=O)c3ccc4c(c3)CC(=O)N4)CC2)nc1. The van der Waals surface area contributed by atoms with Gasteiger partial charge in [-0.25, -0.2) is 13.4 Å². The van der Waals surface area contributed by atoms with Crippen LogP contribution in [0.4, 0.5) is 11.5 Å². The fraction of sp³-hybridized carbons (Fsp3) is 0.316. The first kappa shape index (κ1) is 18.6. The Bertz CT molecular complexity index is 1040. The number of fused-ring (bicyclic) bond motifs is 1. The fourth-order valence-electron chi connectivity index (χ4n) is 3.45. The lowest BCUT2D eigenvalue weighted by atomic mass is 10.2. The zero-order valence-electron chi connectivity index (χ0n) is 15.4. The van der Waals surface area contributed by atoms with Crippen molar-refractivity contribution in [3.63, 3.8) is 0 Å². The van der Waals surface area contributed by atoms with Crippen LogP contribution in [0.2, 0.25) is 0 Å². The number of ketones is 1. The summed E-state index contributed by atoms with van der Waals surface area (Å²) in [6, 6.07) is 8.27. The van der Waals surface area contributed by atoms with E-state index >= 15 is 0 Å². The highest BCUT2D eigenvalue weighted by Gasteiger charge is 2.30. The van der Waals surface area contributed by atoms with Crippen molar-refractivity contribution in [1.82, 2.24) is 9.29 Å². The minimum absolute atomic E-state index is 0.0405. The second-order valence-corrected chi connectivity index (χ2v) is 8.83. The number of nitrogens with one attached hydrogen (secondary N) is 1. The van der Waals surface area contributed by atoms with E-state index in [1.165, 1.54) is 17.3 Å². The minimum atomic E-state index is -3.62. The third-order valence-corrected chi connectivity index (χ3v) is 6.95. The highest BCUT2D eigenvalue weighted by Crippen LogP contribution is 2.28. The van der Waals surface area contributed by atoms with Gasteiger partial charge in [0.2, 0.25) is 15.9 Å². The van der Waals surface area contributed by atoms with Crippen LogP contribution >= 0.6 is 0 Å². The number of aromatic nitrogens is 1. The van der Waals surface area contributed by atoms with Crippen LogP contribution in [-0.4, -0.2) is 55.6 Å². The first-order valence-electron chi connectivity index (χ1n) is 8.99. The summed E-state index contributed by atoms with van der Waals surface area (Å²) in [6.45, 7) is 3.19. The first-order valence-corrected chi connectivity index (χ1v) is 10.4. The van der Waals surface area contributed by atoms with Gasteiger partial charge in [-0.1, -0.05) is 0 Å². The predicted molar refractivity (Wildman–Crippen MR) is 104 cm³/mol. The zero-order chi connectivity index (χ0) is 19.9. The molecule has 9 heteroatoms. The van der Waals surface area contributed by atoms with Crippen LogP contribution in [0.15, 0.2) is 41.4 Å². The smallest absolute Gasteiger partial charge is 0.243 e. The van der Waals surface area contributed by atoms with Crippen molar-refractivity contribution in [1.29, 1.82) is 0 Å². The standard InChI is InChI=1S/C19H20N4O4S/c1-13(24)14-2-5-18(20-12-14)22-6-8-23(9-7-22)28(26,27)16-3-4-17-15(10-16)11-19(25)21-17/h2-5,10,12H,6-9,11H2,1H3,(H,21,25). The van der Waals surface area contributed by atoms with E-state index in [-0.39, 0.29) is 23.0 Å². The topological polar surface area (TPSA) is 99.7 Å². The molecule has 28 heavy (non-hydrogen) atoms. The van der Waals surface area contributed by atoms with Crippen LogP contribution < -0.4 is 10.2 Å². The van der Waals surface area contributed by atoms with Crippen molar-refractivity contribution in [3.05, 3.63) is 47.7 Å². The van der Waals surface area contributed by atoms with Gasteiger partial charge in [0.1, 0.15) is 5.82 Å². The number of sulfonamides is 1. The fourth-order valence-corrected chi connectivity index (χ4v) is 4.93. The van der Waals surface area contributed by atoms with Gasteiger partial charge < -0.3 is 10.2 Å². The monoisotopic (exact) mass is 400 g/mol. The lowest BCUT2D eigenvalue weighted by Crippen LogP contribution is -2.48. The number of rotatable bonds is 4. The molecule has 0 unspecified atom stereocenters. The molecule has 3 heterocycles. The Hall–Kier alpha value is -2.78. The average molecular weight is 400 g/mol. The molecule has 2 aliphatic heterocycles. The van der Waals surface area contributed by atoms with Gasteiger partial charge in [0.15, 0.2) is 5.78 Å². The summed E-state index contributed by atoms with van der Waals surface area (Å²) in [7, 11) is -3.62. The Morgan fingerprint density at radius 2 is 1.86 bits per heavy atom. The molecule has 1 fully saturated rings. The molecular weight excluding hydrogens is 380 g/mol. The molecule has 4 rings (SSSR count). The number of hydrogen-bond donors (Lipinski definition) is 1. The maximum absolute atomic E-state index is 13.0. The Balaban J connectivity index is 1.46. The number of nitrogens with zero attached hydrogens (tertiary/aromatic N) is 3. The van der Waals surface area contributed by atoms with Gasteiger partial charge in [-0.3, -0.25) is 9.59 Å². The van der Waals surface area contributed by atoms with Gasteiger partial charge >= 0.3 is 0 Å². The number of benzene rings is 1. The van der Waals surface area contributed by atoms with Gasteiger partial charge in [-0.05, 0) is 42.8 Å². The number of Topliss-reactive ketones (excluding diaryl/α,β-unsaturated/α-hetero) is 1. The van der Waals surface area contributed by atoms with Crippen molar-refractivity contribution in [3.8, 4) is 0 Å². The Labute approximate surface area is 163 Å². The molecule has 1 aromatic carbocycles. The summed E-state index contributed by atoms with van der Waals surface area (Å²) < 4.78 is 27.4. The van der Waals surface area contributed by atoms with E-state index in [9.17, 15) is 18.0 Å². The molecule has 146 valence electrons. The summed E-state index contributed by atoms with van der Waals surface area (Å²) in [5.74, 6) is 0.562. The van der Waals surface area contributed by atoms with Crippen molar-refractivity contribution >= 4 is 33.2 Å². The van der Waals surface area contributed by atoms with E-state index in [1.54, 1.807) is 30.5 Å². The van der Waals surface area contributed by atoms with E-state index < -0.39 is 10.0 Å². The molecule has 0 bridgehead atoms. The molecule has 0 saturated carbocycles. The average Bonchev–Trinajstić information content (AvgIpc) is 3.07. The van der Waals surface area contributed by atoms with Crippen molar-refractivity contribution in [2.75, 3.05) is 36.4 Å². The highest BCUT2D eigenvalue weighted by atomic mass is 32.2. The van der Waals surface area contributed by atoms with Crippen LogP contribution in [0.25, 0.3) is 0 Å². The van der Waals surface area contributed by atoms with Gasteiger partial charge in [0.25, 0.3) is 0 Å². The molecule has 2 aliphatic rings. The van der Waals surface area contributed by atoms with Crippen LogP contribution in [0.3, 0.4) is 0 Å². The molecule has 0 radical (unpaired) electrons. The minimum Gasteiger partial charge on any atom is -0.354 e. The van der Waals surface area contributed by atoms with Gasteiger partial charge in [0.05, 0.1) is 11.3 Å². The second kappa shape index (κ2) is 6.99. The number of anilines is 2. The number of carbonyl (C=O) groups is 2. The van der Waals surface area contributed by atoms with Crippen molar-refractivity contribution in [2.24, 2.45) is 0 Å². The van der Waals surface area contributed by atoms with E-state index in [0.717, 1.165) is 5.82 Å². The summed E-state index contributed by atoms with van der Waals surface area (Å²) in [6.07, 6.45) is 1.75. The lowest BCUT2D eigenvalue weighted by molar-refractivity contribution is -0.115. The summed E-state index contributed by atoms with van der Waals surface area (Å²) in [4.78, 5) is 29.4. The van der Waals surface area contributed by atoms with E-state index in [0.29, 0.717) is 43.0 Å². The molecule has 0 spiro atoms. The first-order chi connectivity index (χ1) is 13.3. The highest BCUT2D eigenvalue weighted by molar-refractivity contribution is 7.89. The Morgan fingerprint density at radius 3 is 2.50 bits per heavy atom. The molecule has 1 N–H and O–H groups in total. The van der Waals surface area contributed by atoms with Gasteiger partial charge in [0, 0.05) is 43.6 Å². The van der Waals surface area contributed by atoms with E-state index in [4.69, 9.17) is 0 Å². The third kappa shape index (κ3) is 3.38. The number of hydrogen-bond acceptors (Lipinski definition) is 6. The van der Waals surface area contributed by atoms with Crippen molar-refractivity contribution < 1.29 is 18.0 Å². The summed E-state index contributed by atoms with van der Waals surface area (Å²) in [5.41, 5.74) is 1.93. The van der Waals surface area contributed by atoms with Crippen LogP contribution in [0.5, 0.6) is 0 Å². The van der Waals surface area contributed by atoms with Gasteiger partial charge in [-0.2, -0.15) is 4.31 Å². The number of piperazine rings is 1. The molecule has 1 amide bonds. The van der Waals surface area contributed by atoms with Crippen LogP contribution in [0, 0.1) is 0 Å². The molecular formula is C19H20N4O4S. The van der Waals surface area contributed by atoms with E-state index in [2.05, 4.69) is 10.3 Å².